The summed E-state index contributed by atoms with van der Waals surface area (Å²) in [5, 5.41) is 0.474. The molecule has 1 fully saturated rings. The zero-order chi connectivity index (χ0) is 14.0. The van der Waals surface area contributed by atoms with E-state index in [1.54, 1.807) is 12.1 Å². The average molecular weight is 322 g/mol. The summed E-state index contributed by atoms with van der Waals surface area (Å²) in [5.74, 6) is 0.245. The summed E-state index contributed by atoms with van der Waals surface area (Å²) in [6.45, 7) is 0. The number of rotatable bonds is 3. The fourth-order valence-electron chi connectivity index (χ4n) is 2.55. The minimum Gasteiger partial charge on any atom is -0.326 e. The molecule has 0 bridgehead atoms. The molecule has 2 unspecified atom stereocenters. The van der Waals surface area contributed by atoms with Crippen LogP contribution in [0.4, 0.5) is 0 Å². The van der Waals surface area contributed by atoms with E-state index in [2.05, 4.69) is 0 Å². The second kappa shape index (κ2) is 6.00. The molecular formula is C13H17Cl2NO2S. The Bertz CT molecular complexity index is 560. The van der Waals surface area contributed by atoms with Gasteiger partial charge in [-0.25, -0.2) is 8.42 Å². The molecule has 0 aliphatic carbocycles. The largest absolute Gasteiger partial charge is 0.326 e. The molecule has 106 valence electrons. The van der Waals surface area contributed by atoms with Gasteiger partial charge in [0.2, 0.25) is 0 Å². The van der Waals surface area contributed by atoms with Gasteiger partial charge in [-0.1, -0.05) is 41.8 Å². The summed E-state index contributed by atoms with van der Waals surface area (Å²) >= 11 is 12.1. The standard InChI is InChI=1S/C13H17Cl2NO2S/c14-10-5-3-4-9(13(10)15)8-11(16)12-6-1-2-7-19(12,17)18/h3-5,11-12H,1-2,6-8,16H2. The summed E-state index contributed by atoms with van der Waals surface area (Å²) < 4.78 is 24.1. The smallest absolute Gasteiger partial charge is 0.154 e. The van der Waals surface area contributed by atoms with Gasteiger partial charge in [0.05, 0.1) is 21.0 Å². The first kappa shape index (κ1) is 15.1. The van der Waals surface area contributed by atoms with Crippen molar-refractivity contribution >= 4 is 33.0 Å². The number of nitrogens with two attached hydrogens (primary N) is 1. The van der Waals surface area contributed by atoms with Crippen LogP contribution in [0, 0.1) is 0 Å². The van der Waals surface area contributed by atoms with Crippen molar-refractivity contribution in [3.05, 3.63) is 33.8 Å². The second-order valence-corrected chi connectivity index (χ2v) is 8.11. The van der Waals surface area contributed by atoms with Gasteiger partial charge in [0.15, 0.2) is 9.84 Å². The molecule has 1 heterocycles. The third kappa shape index (κ3) is 3.43. The van der Waals surface area contributed by atoms with Crippen molar-refractivity contribution in [2.75, 3.05) is 5.75 Å². The highest BCUT2D eigenvalue weighted by molar-refractivity contribution is 7.92. The zero-order valence-corrected chi connectivity index (χ0v) is 12.8. The van der Waals surface area contributed by atoms with Crippen LogP contribution in [0.1, 0.15) is 24.8 Å². The highest BCUT2D eigenvalue weighted by atomic mass is 35.5. The van der Waals surface area contributed by atoms with Gasteiger partial charge in [0, 0.05) is 6.04 Å². The summed E-state index contributed by atoms with van der Waals surface area (Å²) in [5.41, 5.74) is 6.90. The molecule has 0 aromatic heterocycles. The van der Waals surface area contributed by atoms with E-state index in [-0.39, 0.29) is 5.75 Å². The Labute approximate surface area is 124 Å². The lowest BCUT2D eigenvalue weighted by molar-refractivity contribution is 0.495. The minimum atomic E-state index is -3.07. The molecule has 1 aromatic rings. The third-order valence-corrected chi connectivity index (χ3v) is 6.82. The summed E-state index contributed by atoms with van der Waals surface area (Å²) in [4.78, 5) is 0. The lowest BCUT2D eigenvalue weighted by Gasteiger charge is -2.27. The molecule has 1 aromatic carbocycles. The maximum absolute atomic E-state index is 12.0. The van der Waals surface area contributed by atoms with Crippen LogP contribution in [0.2, 0.25) is 10.0 Å². The molecule has 2 N–H and O–H groups in total. The molecule has 0 amide bonds. The first-order valence-electron chi connectivity index (χ1n) is 6.32. The molecule has 3 nitrogen and oxygen atoms in total. The van der Waals surface area contributed by atoms with Crippen molar-refractivity contribution in [1.29, 1.82) is 0 Å². The van der Waals surface area contributed by atoms with E-state index in [0.29, 0.717) is 22.9 Å². The fraction of sp³-hybridized carbons (Fsp3) is 0.538. The van der Waals surface area contributed by atoms with E-state index >= 15 is 0 Å². The lowest BCUT2D eigenvalue weighted by Crippen LogP contribution is -2.44. The van der Waals surface area contributed by atoms with Gasteiger partial charge >= 0.3 is 0 Å². The molecular weight excluding hydrogens is 305 g/mol. The van der Waals surface area contributed by atoms with E-state index < -0.39 is 21.1 Å². The van der Waals surface area contributed by atoms with E-state index in [1.165, 1.54) is 0 Å². The Kier molecular flexibility index (Phi) is 4.77. The predicted molar refractivity (Wildman–Crippen MR) is 79.6 cm³/mol. The summed E-state index contributed by atoms with van der Waals surface area (Å²) in [7, 11) is -3.07. The van der Waals surface area contributed by atoms with Crippen LogP contribution in [0.25, 0.3) is 0 Å². The number of sulfone groups is 1. The molecule has 2 rings (SSSR count). The molecule has 0 spiro atoms. The molecule has 1 aliphatic rings. The molecule has 1 aliphatic heterocycles. The highest BCUT2D eigenvalue weighted by Gasteiger charge is 2.33. The van der Waals surface area contributed by atoms with E-state index in [0.717, 1.165) is 18.4 Å². The minimum absolute atomic E-state index is 0.245. The van der Waals surface area contributed by atoms with Gasteiger partial charge in [-0.3, -0.25) is 0 Å². The third-order valence-electron chi connectivity index (χ3n) is 3.59. The zero-order valence-electron chi connectivity index (χ0n) is 10.5. The first-order valence-corrected chi connectivity index (χ1v) is 8.79. The molecule has 0 radical (unpaired) electrons. The van der Waals surface area contributed by atoms with Crippen molar-refractivity contribution < 1.29 is 8.42 Å². The Balaban J connectivity index is 2.16. The quantitative estimate of drug-likeness (QED) is 0.931. The van der Waals surface area contributed by atoms with Crippen molar-refractivity contribution in [2.45, 2.75) is 37.0 Å². The van der Waals surface area contributed by atoms with Crippen LogP contribution in [0.3, 0.4) is 0 Å². The number of benzene rings is 1. The Hall–Kier alpha value is -0.290. The molecule has 0 saturated carbocycles. The maximum atomic E-state index is 12.0. The Morgan fingerprint density at radius 1 is 1.32 bits per heavy atom. The van der Waals surface area contributed by atoms with Crippen LogP contribution in [-0.2, 0) is 16.3 Å². The fourth-order valence-corrected chi connectivity index (χ4v) is 5.01. The van der Waals surface area contributed by atoms with Gasteiger partial charge in [-0.05, 0) is 30.9 Å². The Morgan fingerprint density at radius 3 is 2.74 bits per heavy atom. The van der Waals surface area contributed by atoms with E-state index in [9.17, 15) is 8.42 Å². The average Bonchev–Trinajstić information content (AvgIpc) is 2.34. The summed E-state index contributed by atoms with van der Waals surface area (Å²) in [6.07, 6.45) is 2.73. The van der Waals surface area contributed by atoms with Crippen molar-refractivity contribution in [3.63, 3.8) is 0 Å². The van der Waals surface area contributed by atoms with Crippen molar-refractivity contribution in [1.82, 2.24) is 0 Å². The van der Waals surface area contributed by atoms with E-state index in [4.69, 9.17) is 28.9 Å². The van der Waals surface area contributed by atoms with E-state index in [1.807, 2.05) is 6.07 Å². The number of hydrogen-bond acceptors (Lipinski definition) is 3. The van der Waals surface area contributed by atoms with Crippen LogP contribution in [0.5, 0.6) is 0 Å². The predicted octanol–water partition coefficient (Wildman–Crippen LogP) is 2.83. The number of hydrogen-bond donors (Lipinski definition) is 1. The molecule has 19 heavy (non-hydrogen) atoms. The van der Waals surface area contributed by atoms with Gasteiger partial charge in [0.1, 0.15) is 0 Å². The first-order chi connectivity index (χ1) is 8.92. The van der Waals surface area contributed by atoms with Gasteiger partial charge < -0.3 is 5.73 Å². The summed E-state index contributed by atoms with van der Waals surface area (Å²) in [6, 6.07) is 4.91. The van der Waals surface area contributed by atoms with Crippen molar-refractivity contribution in [2.24, 2.45) is 5.73 Å². The molecule has 6 heteroatoms. The van der Waals surface area contributed by atoms with Crippen LogP contribution >= 0.6 is 23.2 Å². The SMILES string of the molecule is NC(Cc1cccc(Cl)c1Cl)C1CCCCS1(=O)=O. The van der Waals surface area contributed by atoms with Crippen LogP contribution in [-0.4, -0.2) is 25.5 Å². The maximum Gasteiger partial charge on any atom is 0.154 e. The van der Waals surface area contributed by atoms with Crippen LogP contribution < -0.4 is 5.73 Å². The lowest BCUT2D eigenvalue weighted by atomic mass is 10.0. The van der Waals surface area contributed by atoms with Crippen LogP contribution in [0.15, 0.2) is 18.2 Å². The topological polar surface area (TPSA) is 60.2 Å². The monoisotopic (exact) mass is 321 g/mol. The van der Waals surface area contributed by atoms with Crippen molar-refractivity contribution in [3.8, 4) is 0 Å². The van der Waals surface area contributed by atoms with Gasteiger partial charge in [-0.15, -0.1) is 0 Å². The molecule has 2 atom stereocenters. The Morgan fingerprint density at radius 2 is 2.05 bits per heavy atom. The highest BCUT2D eigenvalue weighted by Crippen LogP contribution is 2.29. The van der Waals surface area contributed by atoms with Gasteiger partial charge in [-0.2, -0.15) is 0 Å². The second-order valence-electron chi connectivity index (χ2n) is 4.98. The number of halogens is 2. The van der Waals surface area contributed by atoms with Gasteiger partial charge in [0.25, 0.3) is 0 Å². The normalized spacial score (nSPS) is 24.1. The molecule has 1 saturated heterocycles.